The van der Waals surface area contributed by atoms with Crippen LogP contribution in [0.3, 0.4) is 0 Å². The number of oxime groups is 1. The van der Waals surface area contributed by atoms with E-state index in [9.17, 15) is 9.18 Å². The van der Waals surface area contributed by atoms with Crippen molar-refractivity contribution in [2.24, 2.45) is 5.16 Å². The quantitative estimate of drug-likeness (QED) is 0.619. The lowest BCUT2D eigenvalue weighted by molar-refractivity contribution is -0.114. The first-order valence-corrected chi connectivity index (χ1v) is 7.83. The van der Waals surface area contributed by atoms with Gasteiger partial charge < -0.3 is 14.9 Å². The molecule has 0 unspecified atom stereocenters. The van der Waals surface area contributed by atoms with Crippen LogP contribution in [0.1, 0.15) is 22.3 Å². The van der Waals surface area contributed by atoms with Crippen molar-refractivity contribution in [1.29, 1.82) is 0 Å². The minimum atomic E-state index is -1.11. The van der Waals surface area contributed by atoms with Gasteiger partial charge in [0.2, 0.25) is 0 Å². The smallest absolute Gasteiger partial charge is 0.273 e. The van der Waals surface area contributed by atoms with Gasteiger partial charge in [-0.1, -0.05) is 41.6 Å². The lowest BCUT2D eigenvalue weighted by Crippen LogP contribution is -2.29. The van der Waals surface area contributed by atoms with Crippen LogP contribution in [0.25, 0.3) is 0 Å². The third-order valence-electron chi connectivity index (χ3n) is 3.65. The molecule has 0 heterocycles. The monoisotopic (exact) mass is 344 g/mol. The molecule has 132 valence electrons. The van der Waals surface area contributed by atoms with E-state index in [1.54, 1.807) is 12.1 Å². The zero-order valence-corrected chi connectivity index (χ0v) is 14.5. The first-order chi connectivity index (χ1) is 12.1. The molecule has 6 heteroatoms. The highest BCUT2D eigenvalue weighted by Gasteiger charge is 2.17. The Kier molecular flexibility index (Phi) is 6.51. The van der Waals surface area contributed by atoms with Crippen LogP contribution in [0.15, 0.2) is 47.6 Å². The second-order valence-corrected chi connectivity index (χ2v) is 5.47. The van der Waals surface area contributed by atoms with Gasteiger partial charge in [-0.25, -0.2) is 4.39 Å². The minimum absolute atomic E-state index is 0.000291. The zero-order chi connectivity index (χ0) is 18.2. The average Bonchev–Trinajstić information content (AvgIpc) is 2.63. The maximum absolute atomic E-state index is 12.3. The fourth-order valence-electron chi connectivity index (χ4n) is 2.32. The van der Waals surface area contributed by atoms with Crippen LogP contribution in [-0.2, 0) is 16.2 Å². The molecule has 2 rings (SSSR count). The van der Waals surface area contributed by atoms with E-state index in [4.69, 9.17) is 4.74 Å². The molecular weight excluding hydrogens is 323 g/mol. The van der Waals surface area contributed by atoms with E-state index in [-0.39, 0.29) is 12.3 Å². The number of alkyl halides is 1. The van der Waals surface area contributed by atoms with Gasteiger partial charge in [0.25, 0.3) is 12.8 Å². The molecule has 1 amide bonds. The summed E-state index contributed by atoms with van der Waals surface area (Å²) in [6.07, 6.45) is 0. The number of rotatable bonds is 7. The molecule has 0 bridgehead atoms. The third-order valence-corrected chi connectivity index (χ3v) is 3.65. The van der Waals surface area contributed by atoms with Gasteiger partial charge in [0.15, 0.2) is 5.71 Å². The van der Waals surface area contributed by atoms with Crippen molar-refractivity contribution in [2.75, 3.05) is 13.9 Å². The zero-order valence-electron chi connectivity index (χ0n) is 14.5. The van der Waals surface area contributed by atoms with Crippen LogP contribution in [0, 0.1) is 13.8 Å². The summed E-state index contributed by atoms with van der Waals surface area (Å²) in [5, 5.41) is 6.08. The van der Waals surface area contributed by atoms with Crippen LogP contribution >= 0.6 is 0 Å². The number of carbonyl (C=O) groups is 1. The van der Waals surface area contributed by atoms with Crippen molar-refractivity contribution >= 4 is 11.6 Å². The molecular formula is C19H21FN2O3. The number of amides is 1. The number of benzene rings is 2. The summed E-state index contributed by atoms with van der Waals surface area (Å²) in [6.45, 7) is 3.09. The Morgan fingerprint density at radius 2 is 1.96 bits per heavy atom. The van der Waals surface area contributed by atoms with Gasteiger partial charge >= 0.3 is 0 Å². The summed E-state index contributed by atoms with van der Waals surface area (Å²) in [5.74, 6) is 0.306. The number of ether oxygens (including phenoxy) is 1. The fraction of sp³-hybridized carbons (Fsp3) is 0.263. The second-order valence-electron chi connectivity index (χ2n) is 5.47. The lowest BCUT2D eigenvalue weighted by atomic mass is 10.0. The topological polar surface area (TPSA) is 59.9 Å². The van der Waals surface area contributed by atoms with Gasteiger partial charge in [-0.2, -0.15) is 0 Å². The highest BCUT2D eigenvalue weighted by molar-refractivity contribution is 6.45. The molecule has 2 aromatic rings. The maximum atomic E-state index is 12.3. The van der Waals surface area contributed by atoms with Crippen LogP contribution in [0.4, 0.5) is 4.39 Å². The van der Waals surface area contributed by atoms with Crippen molar-refractivity contribution in [3.05, 3.63) is 64.7 Å². The van der Waals surface area contributed by atoms with Crippen molar-refractivity contribution in [2.45, 2.75) is 20.5 Å². The Labute approximate surface area is 146 Å². The standard InChI is InChI=1S/C19H21FN2O3/c1-13-8-9-14(2)17(10-13)24-11-15-6-4-5-7-16(15)18(19(23)21-3)22-25-12-20/h4-10H,11-12H2,1-3H3,(H,21,23)/b22-18+. The number of halogens is 1. The van der Waals surface area contributed by atoms with Crippen molar-refractivity contribution in [3.63, 3.8) is 0 Å². The van der Waals surface area contributed by atoms with Crippen LogP contribution in [0.5, 0.6) is 5.75 Å². The van der Waals surface area contributed by atoms with Gasteiger partial charge in [0, 0.05) is 12.6 Å². The van der Waals surface area contributed by atoms with Crippen molar-refractivity contribution < 1.29 is 18.8 Å². The molecule has 0 aliphatic heterocycles. The van der Waals surface area contributed by atoms with Gasteiger partial charge in [0.1, 0.15) is 12.4 Å². The predicted molar refractivity (Wildman–Crippen MR) is 94.4 cm³/mol. The normalized spacial score (nSPS) is 11.1. The molecule has 0 atom stereocenters. The molecule has 2 aromatic carbocycles. The van der Waals surface area contributed by atoms with E-state index in [1.807, 2.05) is 44.2 Å². The average molecular weight is 344 g/mol. The van der Waals surface area contributed by atoms with Crippen LogP contribution in [0.2, 0.25) is 0 Å². The van der Waals surface area contributed by atoms with E-state index in [0.29, 0.717) is 5.56 Å². The summed E-state index contributed by atoms with van der Waals surface area (Å²) < 4.78 is 18.2. The first-order valence-electron chi connectivity index (χ1n) is 7.83. The largest absolute Gasteiger partial charge is 0.489 e. The van der Waals surface area contributed by atoms with E-state index in [0.717, 1.165) is 22.4 Å². The number of hydrogen-bond donors (Lipinski definition) is 1. The Bertz CT molecular complexity index is 775. The Hall–Kier alpha value is -2.89. The number of carbonyl (C=O) groups excluding carboxylic acids is 1. The van der Waals surface area contributed by atoms with Gasteiger partial charge in [-0.05, 0) is 36.6 Å². The third kappa shape index (κ3) is 4.79. The summed E-state index contributed by atoms with van der Waals surface area (Å²) in [6, 6.07) is 13.1. The molecule has 25 heavy (non-hydrogen) atoms. The highest BCUT2D eigenvalue weighted by Crippen LogP contribution is 2.21. The molecule has 0 saturated heterocycles. The summed E-state index contributed by atoms with van der Waals surface area (Å²) in [7, 11) is 1.47. The molecule has 0 saturated carbocycles. The molecule has 0 radical (unpaired) electrons. The Morgan fingerprint density at radius 1 is 1.20 bits per heavy atom. The van der Waals surface area contributed by atoms with Crippen LogP contribution in [-0.4, -0.2) is 25.5 Å². The molecule has 0 aromatic heterocycles. The van der Waals surface area contributed by atoms with Gasteiger partial charge in [-0.15, -0.1) is 0 Å². The number of aryl methyl sites for hydroxylation is 2. The Morgan fingerprint density at radius 3 is 2.68 bits per heavy atom. The second kappa shape index (κ2) is 8.82. The molecule has 0 spiro atoms. The number of nitrogens with zero attached hydrogens (tertiary/aromatic N) is 1. The van der Waals surface area contributed by atoms with Crippen LogP contribution < -0.4 is 10.1 Å². The maximum Gasteiger partial charge on any atom is 0.273 e. The molecule has 0 fully saturated rings. The molecule has 5 nitrogen and oxygen atoms in total. The summed E-state index contributed by atoms with van der Waals surface area (Å²) >= 11 is 0. The minimum Gasteiger partial charge on any atom is -0.489 e. The fourth-order valence-corrected chi connectivity index (χ4v) is 2.32. The Balaban J connectivity index is 2.30. The number of hydrogen-bond acceptors (Lipinski definition) is 4. The number of likely N-dealkylation sites (N-methyl/N-ethyl adjacent to an activating group) is 1. The predicted octanol–water partition coefficient (Wildman–Crippen LogP) is 3.28. The van der Waals surface area contributed by atoms with E-state index < -0.39 is 12.8 Å². The summed E-state index contributed by atoms with van der Waals surface area (Å²) in [5.41, 5.74) is 3.39. The van der Waals surface area contributed by atoms with Crippen molar-refractivity contribution in [3.8, 4) is 5.75 Å². The number of nitrogens with one attached hydrogen (secondary N) is 1. The first kappa shape index (κ1) is 18.4. The van der Waals surface area contributed by atoms with Crippen molar-refractivity contribution in [1.82, 2.24) is 5.32 Å². The van der Waals surface area contributed by atoms with Gasteiger partial charge in [0.05, 0.1) is 0 Å². The molecule has 0 aliphatic carbocycles. The SMILES string of the molecule is CNC(=O)/C(=N/OCF)c1ccccc1COc1cc(C)ccc1C. The van der Waals surface area contributed by atoms with E-state index in [2.05, 4.69) is 15.3 Å². The summed E-state index contributed by atoms with van der Waals surface area (Å²) in [4.78, 5) is 16.5. The van der Waals surface area contributed by atoms with E-state index >= 15 is 0 Å². The van der Waals surface area contributed by atoms with Gasteiger partial charge in [-0.3, -0.25) is 4.79 Å². The molecule has 1 N–H and O–H groups in total. The highest BCUT2D eigenvalue weighted by atomic mass is 19.1. The molecule has 0 aliphatic rings. The lowest BCUT2D eigenvalue weighted by Gasteiger charge is -2.13. The van der Waals surface area contributed by atoms with E-state index in [1.165, 1.54) is 7.05 Å².